The van der Waals surface area contributed by atoms with Gasteiger partial charge in [-0.2, -0.15) is 0 Å². The monoisotopic (exact) mass is 250 g/mol. The maximum absolute atomic E-state index is 3.65. The normalized spacial score (nSPS) is 25.9. The van der Waals surface area contributed by atoms with E-state index < -0.39 is 0 Å². The highest BCUT2D eigenvalue weighted by Gasteiger charge is 2.42. The molecule has 1 N–H and O–H groups in total. The lowest BCUT2D eigenvalue weighted by Crippen LogP contribution is -2.60. The Morgan fingerprint density at radius 1 is 1.11 bits per heavy atom. The van der Waals surface area contributed by atoms with Crippen molar-refractivity contribution < 1.29 is 0 Å². The second kappa shape index (κ2) is 6.21. The van der Waals surface area contributed by atoms with E-state index in [0.29, 0.717) is 11.6 Å². The number of likely N-dealkylation sites (N-methyl/N-ethyl adjacent to an activating group) is 2. The Bertz CT molecular complexity index is 287. The van der Waals surface area contributed by atoms with Crippen LogP contribution in [0.4, 0.5) is 0 Å². The van der Waals surface area contributed by atoms with Crippen LogP contribution >= 0.6 is 0 Å². The van der Waals surface area contributed by atoms with Crippen molar-refractivity contribution >= 4 is 0 Å². The van der Waals surface area contributed by atoms with Crippen LogP contribution in [0, 0.1) is 0 Å². The first-order valence-electron chi connectivity index (χ1n) is 7.74. The fourth-order valence-corrected chi connectivity index (χ4v) is 4.08. The van der Waals surface area contributed by atoms with Gasteiger partial charge in [-0.05, 0) is 59.7 Å². The molecule has 0 aromatic carbocycles. The van der Waals surface area contributed by atoms with Gasteiger partial charge in [0.25, 0.3) is 0 Å². The molecule has 2 nitrogen and oxygen atoms in total. The van der Waals surface area contributed by atoms with Crippen LogP contribution in [0.3, 0.4) is 0 Å². The second-order valence-corrected chi connectivity index (χ2v) is 6.31. The molecule has 0 heterocycles. The predicted octanol–water partition coefficient (Wildman–Crippen LogP) is 3.34. The summed E-state index contributed by atoms with van der Waals surface area (Å²) in [6.07, 6.45) is 14.8. The van der Waals surface area contributed by atoms with E-state index in [1.165, 1.54) is 57.8 Å². The number of rotatable bonds is 4. The summed E-state index contributed by atoms with van der Waals surface area (Å²) in [5.41, 5.74) is 2.04. The molecule has 1 saturated carbocycles. The van der Waals surface area contributed by atoms with Crippen molar-refractivity contribution in [3.63, 3.8) is 0 Å². The Morgan fingerprint density at radius 2 is 1.83 bits per heavy atom. The van der Waals surface area contributed by atoms with Gasteiger partial charge in [0.2, 0.25) is 0 Å². The highest BCUT2D eigenvalue weighted by molar-refractivity contribution is 5.21. The molecule has 0 saturated heterocycles. The van der Waals surface area contributed by atoms with Crippen LogP contribution in [0.5, 0.6) is 0 Å². The minimum Gasteiger partial charge on any atom is -0.312 e. The van der Waals surface area contributed by atoms with E-state index in [4.69, 9.17) is 0 Å². The van der Waals surface area contributed by atoms with Crippen LogP contribution in [0.2, 0.25) is 0 Å². The lowest BCUT2D eigenvalue weighted by molar-refractivity contribution is 0.0707. The van der Waals surface area contributed by atoms with Crippen molar-refractivity contribution in [3.8, 4) is 0 Å². The molecule has 18 heavy (non-hydrogen) atoms. The zero-order valence-corrected chi connectivity index (χ0v) is 12.5. The number of hydrogen-bond acceptors (Lipinski definition) is 2. The number of nitrogens with one attached hydrogen (secondary N) is 1. The molecule has 0 aromatic rings. The lowest BCUT2D eigenvalue weighted by Gasteiger charge is -2.49. The molecule has 2 heteroatoms. The van der Waals surface area contributed by atoms with Crippen LogP contribution in [0.15, 0.2) is 11.6 Å². The maximum atomic E-state index is 3.65. The van der Waals surface area contributed by atoms with Crippen LogP contribution in [-0.4, -0.2) is 37.6 Å². The van der Waals surface area contributed by atoms with E-state index in [-0.39, 0.29) is 0 Å². The molecular weight excluding hydrogens is 220 g/mol. The highest BCUT2D eigenvalue weighted by atomic mass is 15.2. The quantitative estimate of drug-likeness (QED) is 0.770. The molecule has 1 unspecified atom stereocenters. The fourth-order valence-electron chi connectivity index (χ4n) is 4.08. The molecule has 2 aliphatic carbocycles. The van der Waals surface area contributed by atoms with Gasteiger partial charge in [-0.15, -0.1) is 0 Å². The largest absolute Gasteiger partial charge is 0.312 e. The summed E-state index contributed by atoms with van der Waals surface area (Å²) < 4.78 is 0. The van der Waals surface area contributed by atoms with Gasteiger partial charge < -0.3 is 10.2 Å². The van der Waals surface area contributed by atoms with E-state index in [2.05, 4.69) is 37.4 Å². The van der Waals surface area contributed by atoms with Crippen molar-refractivity contribution in [3.05, 3.63) is 11.6 Å². The Labute approximate surface area is 113 Å². The number of allylic oxidation sites excluding steroid dienone is 1. The molecule has 2 rings (SSSR count). The van der Waals surface area contributed by atoms with Gasteiger partial charge in [-0.1, -0.05) is 30.9 Å². The number of nitrogens with zero attached hydrogens (tertiary/aromatic N) is 1. The van der Waals surface area contributed by atoms with Gasteiger partial charge >= 0.3 is 0 Å². The molecule has 104 valence electrons. The Morgan fingerprint density at radius 3 is 2.33 bits per heavy atom. The summed E-state index contributed by atoms with van der Waals surface area (Å²) in [6, 6.07) is 0.563. The fraction of sp³-hybridized carbons (Fsp3) is 0.875. The summed E-state index contributed by atoms with van der Waals surface area (Å²) in [7, 11) is 6.71. The van der Waals surface area contributed by atoms with Crippen LogP contribution < -0.4 is 5.32 Å². The zero-order valence-electron chi connectivity index (χ0n) is 12.5. The number of hydrogen-bond donors (Lipinski definition) is 1. The van der Waals surface area contributed by atoms with E-state index in [1.54, 1.807) is 5.57 Å². The lowest BCUT2D eigenvalue weighted by atomic mass is 9.71. The summed E-state index contributed by atoms with van der Waals surface area (Å²) in [6.45, 7) is 0. The molecule has 0 bridgehead atoms. The average Bonchev–Trinajstić information content (AvgIpc) is 2.41. The van der Waals surface area contributed by atoms with E-state index in [1.807, 2.05) is 0 Å². The molecule has 1 fully saturated rings. The van der Waals surface area contributed by atoms with Crippen molar-refractivity contribution in [2.24, 2.45) is 0 Å². The molecule has 0 amide bonds. The molecular formula is C16H30N2. The molecule has 0 radical (unpaired) electrons. The van der Waals surface area contributed by atoms with Crippen molar-refractivity contribution in [1.82, 2.24) is 10.2 Å². The van der Waals surface area contributed by atoms with Gasteiger partial charge in [-0.25, -0.2) is 0 Å². The molecule has 0 spiro atoms. The molecule has 0 aliphatic heterocycles. The third kappa shape index (κ3) is 2.65. The Kier molecular flexibility index (Phi) is 4.85. The smallest absolute Gasteiger partial charge is 0.0463 e. The highest BCUT2D eigenvalue weighted by Crippen LogP contribution is 2.39. The third-order valence-corrected chi connectivity index (χ3v) is 5.13. The van der Waals surface area contributed by atoms with Gasteiger partial charge in [0.15, 0.2) is 0 Å². The van der Waals surface area contributed by atoms with E-state index in [9.17, 15) is 0 Å². The summed E-state index contributed by atoms with van der Waals surface area (Å²) in [4.78, 5) is 2.50. The van der Waals surface area contributed by atoms with Gasteiger partial charge in [0.1, 0.15) is 0 Å². The minimum atomic E-state index is 0.357. The van der Waals surface area contributed by atoms with Crippen LogP contribution in [-0.2, 0) is 0 Å². The zero-order chi connectivity index (χ0) is 13.0. The second-order valence-electron chi connectivity index (χ2n) is 6.31. The first-order chi connectivity index (χ1) is 8.70. The Hall–Kier alpha value is -0.340. The standard InChI is InChI=1S/C16H30N2/c1-17-15(14-10-6-4-7-11-14)16(18(2)3)12-8-5-9-13-16/h10,15,17H,4-9,11-13H2,1-3H3. The first kappa shape index (κ1) is 14.1. The van der Waals surface area contributed by atoms with Gasteiger partial charge in [0, 0.05) is 11.6 Å². The van der Waals surface area contributed by atoms with E-state index in [0.717, 1.165) is 0 Å². The minimum absolute atomic E-state index is 0.357. The van der Waals surface area contributed by atoms with Crippen LogP contribution in [0.25, 0.3) is 0 Å². The van der Waals surface area contributed by atoms with Gasteiger partial charge in [0.05, 0.1) is 0 Å². The topological polar surface area (TPSA) is 15.3 Å². The summed E-state index contributed by atoms with van der Waals surface area (Å²) in [5, 5.41) is 3.65. The van der Waals surface area contributed by atoms with E-state index >= 15 is 0 Å². The SMILES string of the molecule is CNC(C1=CCCCC1)C1(N(C)C)CCCCC1. The van der Waals surface area contributed by atoms with Crippen LogP contribution in [0.1, 0.15) is 57.8 Å². The van der Waals surface area contributed by atoms with Gasteiger partial charge in [-0.3, -0.25) is 0 Å². The molecule has 2 aliphatic rings. The Balaban J connectivity index is 2.23. The molecule has 1 atom stereocenters. The van der Waals surface area contributed by atoms with Crippen molar-refractivity contribution in [1.29, 1.82) is 0 Å². The maximum Gasteiger partial charge on any atom is 0.0463 e. The summed E-state index contributed by atoms with van der Waals surface area (Å²) in [5.74, 6) is 0. The van der Waals surface area contributed by atoms with Crippen molar-refractivity contribution in [2.45, 2.75) is 69.4 Å². The predicted molar refractivity (Wildman–Crippen MR) is 78.9 cm³/mol. The average molecular weight is 250 g/mol. The first-order valence-corrected chi connectivity index (χ1v) is 7.74. The molecule has 0 aromatic heterocycles. The third-order valence-electron chi connectivity index (χ3n) is 5.13. The summed E-state index contributed by atoms with van der Waals surface area (Å²) >= 11 is 0. The van der Waals surface area contributed by atoms with Crippen molar-refractivity contribution in [2.75, 3.05) is 21.1 Å².